The fourth-order valence-corrected chi connectivity index (χ4v) is 4.89. The van der Waals surface area contributed by atoms with Crippen LogP contribution in [0.5, 0.6) is 0 Å². The Morgan fingerprint density at radius 1 is 1.33 bits per heavy atom. The Morgan fingerprint density at radius 2 is 2.07 bits per heavy atom. The third-order valence-electron chi connectivity index (χ3n) is 5.44. The highest BCUT2D eigenvalue weighted by Crippen LogP contribution is 2.44. The number of aliphatic hydroxyl groups excluding tert-OH is 1. The van der Waals surface area contributed by atoms with Gasteiger partial charge in [-0.1, -0.05) is 49.1 Å². The zero-order chi connectivity index (χ0) is 19.3. The van der Waals surface area contributed by atoms with Gasteiger partial charge in [0.25, 0.3) is 5.91 Å². The Bertz CT molecular complexity index is 869. The molecule has 4 heteroatoms. The molecule has 3 rings (SSSR count). The smallest absolute Gasteiger partial charge is 0.250 e. The first-order valence-corrected chi connectivity index (χ1v) is 10.3. The molecule has 0 unspecified atom stereocenters. The van der Waals surface area contributed by atoms with Gasteiger partial charge in [0.2, 0.25) is 0 Å². The summed E-state index contributed by atoms with van der Waals surface area (Å²) >= 11 is 1.75. The number of hydrogen-bond acceptors (Lipinski definition) is 3. The van der Waals surface area contributed by atoms with E-state index in [-0.39, 0.29) is 17.4 Å². The van der Waals surface area contributed by atoms with Gasteiger partial charge in [0.05, 0.1) is 6.10 Å². The van der Waals surface area contributed by atoms with Crippen LogP contribution in [0.4, 0.5) is 0 Å². The second-order valence-electron chi connectivity index (χ2n) is 7.25. The van der Waals surface area contributed by atoms with Crippen molar-refractivity contribution in [3.63, 3.8) is 0 Å². The minimum absolute atomic E-state index is 0.137. The lowest BCUT2D eigenvalue weighted by Gasteiger charge is -2.39. The highest BCUT2D eigenvalue weighted by Gasteiger charge is 2.38. The maximum atomic E-state index is 12.5. The van der Waals surface area contributed by atoms with Crippen LogP contribution < -0.4 is 5.32 Å². The summed E-state index contributed by atoms with van der Waals surface area (Å²) in [6, 6.07) is 8.43. The lowest BCUT2D eigenvalue weighted by atomic mass is 9.68. The van der Waals surface area contributed by atoms with E-state index < -0.39 is 0 Å². The largest absolute Gasteiger partial charge is 0.393 e. The van der Waals surface area contributed by atoms with Gasteiger partial charge < -0.3 is 10.4 Å². The summed E-state index contributed by atoms with van der Waals surface area (Å²) < 4.78 is 1.27. The van der Waals surface area contributed by atoms with Crippen molar-refractivity contribution in [1.82, 2.24) is 5.32 Å². The van der Waals surface area contributed by atoms with Gasteiger partial charge >= 0.3 is 0 Å². The number of thiophene rings is 1. The lowest BCUT2D eigenvalue weighted by molar-refractivity contribution is -0.117. The molecule has 1 aliphatic rings. The highest BCUT2D eigenvalue weighted by atomic mass is 32.1. The van der Waals surface area contributed by atoms with E-state index in [1.165, 1.54) is 15.6 Å². The van der Waals surface area contributed by atoms with Crippen molar-refractivity contribution in [3.05, 3.63) is 71.7 Å². The Morgan fingerprint density at radius 3 is 2.81 bits per heavy atom. The molecule has 0 bridgehead atoms. The summed E-state index contributed by atoms with van der Waals surface area (Å²) in [6.07, 6.45) is 10.4. The van der Waals surface area contributed by atoms with Crippen molar-refractivity contribution in [2.24, 2.45) is 0 Å². The number of aliphatic hydroxyl groups is 1. The molecule has 1 aliphatic carbocycles. The van der Waals surface area contributed by atoms with Gasteiger partial charge in [-0.05, 0) is 55.0 Å². The topological polar surface area (TPSA) is 49.3 Å². The molecular formula is C23H27NO2S. The molecule has 1 heterocycles. The van der Waals surface area contributed by atoms with Crippen LogP contribution in [0.15, 0.2) is 66.1 Å². The Hall–Kier alpha value is -2.17. The molecular weight excluding hydrogens is 354 g/mol. The van der Waals surface area contributed by atoms with Gasteiger partial charge in [0.15, 0.2) is 0 Å². The third kappa shape index (κ3) is 4.40. The van der Waals surface area contributed by atoms with Gasteiger partial charge in [0.1, 0.15) is 0 Å². The molecule has 0 aliphatic heterocycles. The SMILES string of the molecule is C=C(/C=C\C=C/C)C(=O)NCC1(c2csc3ccccc23)CCC(O)CC1. The first-order valence-electron chi connectivity index (χ1n) is 9.47. The zero-order valence-corrected chi connectivity index (χ0v) is 16.6. The van der Waals surface area contributed by atoms with Crippen LogP contribution in [0.25, 0.3) is 10.1 Å². The summed E-state index contributed by atoms with van der Waals surface area (Å²) in [4.78, 5) is 12.5. The molecule has 0 saturated heterocycles. The van der Waals surface area contributed by atoms with E-state index in [0.29, 0.717) is 12.1 Å². The highest BCUT2D eigenvalue weighted by molar-refractivity contribution is 7.17. The molecule has 1 fully saturated rings. The van der Waals surface area contributed by atoms with Gasteiger partial charge in [-0.3, -0.25) is 4.79 Å². The van der Waals surface area contributed by atoms with Crippen LogP contribution in [0, 0.1) is 0 Å². The molecule has 1 saturated carbocycles. The fourth-order valence-electron chi connectivity index (χ4n) is 3.81. The Labute approximate surface area is 165 Å². The summed E-state index contributed by atoms with van der Waals surface area (Å²) in [7, 11) is 0. The standard InChI is InChI=1S/C23H27NO2S/c1-3-4-5-8-17(2)22(26)24-16-23(13-11-18(25)12-14-23)20-15-27-21-10-7-6-9-19(20)21/h3-10,15,18,25H,2,11-14,16H2,1H3,(H,24,26)/b4-3-,8-5-. The van der Waals surface area contributed by atoms with Crippen molar-refractivity contribution in [1.29, 1.82) is 0 Å². The molecule has 142 valence electrons. The molecule has 3 nitrogen and oxygen atoms in total. The number of rotatable bonds is 6. The number of hydrogen-bond donors (Lipinski definition) is 2. The molecule has 1 amide bonds. The molecule has 1 aromatic carbocycles. The summed E-state index contributed by atoms with van der Waals surface area (Å²) in [5.74, 6) is -0.138. The minimum atomic E-state index is -0.238. The second kappa shape index (κ2) is 8.68. The lowest BCUT2D eigenvalue weighted by Crippen LogP contribution is -2.44. The quantitative estimate of drug-likeness (QED) is 0.553. The molecule has 0 atom stereocenters. The van der Waals surface area contributed by atoms with Crippen LogP contribution in [0.1, 0.15) is 38.2 Å². The van der Waals surface area contributed by atoms with Crippen molar-refractivity contribution in [3.8, 4) is 0 Å². The number of allylic oxidation sites excluding steroid dienone is 3. The maximum absolute atomic E-state index is 12.5. The number of benzene rings is 1. The van der Waals surface area contributed by atoms with Crippen LogP contribution in [0.3, 0.4) is 0 Å². The molecule has 1 aromatic heterocycles. The number of carbonyl (C=O) groups is 1. The Kier molecular flexibility index (Phi) is 6.30. The second-order valence-corrected chi connectivity index (χ2v) is 8.16. The van der Waals surface area contributed by atoms with Crippen LogP contribution in [-0.4, -0.2) is 23.7 Å². The third-order valence-corrected chi connectivity index (χ3v) is 6.41. The minimum Gasteiger partial charge on any atom is -0.393 e. The molecule has 0 radical (unpaired) electrons. The van der Waals surface area contributed by atoms with Crippen molar-refractivity contribution in [2.75, 3.05) is 6.54 Å². The van der Waals surface area contributed by atoms with Gasteiger partial charge in [-0.15, -0.1) is 11.3 Å². The van der Waals surface area contributed by atoms with E-state index >= 15 is 0 Å². The molecule has 27 heavy (non-hydrogen) atoms. The van der Waals surface area contributed by atoms with Crippen LogP contribution >= 0.6 is 11.3 Å². The molecule has 2 N–H and O–H groups in total. The van der Waals surface area contributed by atoms with Gasteiger partial charge in [-0.2, -0.15) is 0 Å². The average Bonchev–Trinajstić information content (AvgIpc) is 3.12. The first-order chi connectivity index (χ1) is 13.1. The van der Waals surface area contributed by atoms with E-state index in [1.807, 2.05) is 25.2 Å². The van der Waals surface area contributed by atoms with Crippen LogP contribution in [0.2, 0.25) is 0 Å². The number of carbonyl (C=O) groups excluding carboxylic acids is 1. The fraction of sp³-hybridized carbons (Fsp3) is 0.348. The average molecular weight is 382 g/mol. The van der Waals surface area contributed by atoms with E-state index in [0.717, 1.165) is 25.7 Å². The first kappa shape index (κ1) is 19.6. The van der Waals surface area contributed by atoms with Gasteiger partial charge in [0, 0.05) is 22.2 Å². The van der Waals surface area contributed by atoms with Crippen molar-refractivity contribution < 1.29 is 9.90 Å². The predicted molar refractivity (Wildman–Crippen MR) is 114 cm³/mol. The van der Waals surface area contributed by atoms with Gasteiger partial charge in [-0.25, -0.2) is 0 Å². The normalized spacial score (nSPS) is 23.3. The summed E-state index contributed by atoms with van der Waals surface area (Å²) in [6.45, 7) is 6.36. The van der Waals surface area contributed by atoms with E-state index in [1.54, 1.807) is 17.4 Å². The van der Waals surface area contributed by atoms with E-state index in [9.17, 15) is 9.90 Å². The number of amides is 1. The molecule has 2 aromatic rings. The van der Waals surface area contributed by atoms with Crippen LogP contribution in [-0.2, 0) is 10.2 Å². The monoisotopic (exact) mass is 381 g/mol. The molecule has 0 spiro atoms. The zero-order valence-electron chi connectivity index (χ0n) is 15.8. The van der Waals surface area contributed by atoms with E-state index in [2.05, 4.69) is 41.5 Å². The maximum Gasteiger partial charge on any atom is 0.250 e. The van der Waals surface area contributed by atoms with Crippen molar-refractivity contribution in [2.45, 2.75) is 44.1 Å². The number of nitrogens with one attached hydrogen (secondary N) is 1. The van der Waals surface area contributed by atoms with Crippen molar-refractivity contribution >= 4 is 27.3 Å². The predicted octanol–water partition coefficient (Wildman–Crippen LogP) is 4.88. The van der Waals surface area contributed by atoms with E-state index in [4.69, 9.17) is 0 Å². The Balaban J connectivity index is 1.82. The summed E-state index contributed by atoms with van der Waals surface area (Å²) in [5.41, 5.74) is 1.61. The number of fused-ring (bicyclic) bond motifs is 1. The summed E-state index contributed by atoms with van der Waals surface area (Å²) in [5, 5.41) is 16.6.